The molecule has 0 saturated carbocycles. The summed E-state index contributed by atoms with van der Waals surface area (Å²) in [5.41, 5.74) is 4.15. The summed E-state index contributed by atoms with van der Waals surface area (Å²) in [5, 5.41) is 10.5. The molecule has 4 rings (SSSR count). The molecule has 1 aliphatic rings. The van der Waals surface area contributed by atoms with Crippen LogP contribution in [0.3, 0.4) is 0 Å². The smallest absolute Gasteiger partial charge is 0.242 e. The lowest BCUT2D eigenvalue weighted by Crippen LogP contribution is -2.28. The fraction of sp³-hybridized carbons (Fsp3) is 0.261. The number of thioether (sulfide) groups is 1. The van der Waals surface area contributed by atoms with Crippen LogP contribution in [0.5, 0.6) is 0 Å². The molecule has 2 N–H and O–H groups in total. The van der Waals surface area contributed by atoms with Gasteiger partial charge in [0, 0.05) is 30.0 Å². The van der Waals surface area contributed by atoms with E-state index in [0.717, 1.165) is 33.9 Å². The normalized spacial score (nSPS) is 12.4. The first kappa shape index (κ1) is 20.2. The zero-order valence-electron chi connectivity index (χ0n) is 16.6. The predicted molar refractivity (Wildman–Crippen MR) is 119 cm³/mol. The second-order valence-corrected chi connectivity index (χ2v) is 8.21. The summed E-state index contributed by atoms with van der Waals surface area (Å²) in [6, 6.07) is 19.7. The van der Waals surface area contributed by atoms with Crippen molar-refractivity contribution in [3.05, 3.63) is 83.0 Å². The zero-order valence-corrected chi connectivity index (χ0v) is 17.5. The molecule has 0 spiro atoms. The van der Waals surface area contributed by atoms with Crippen molar-refractivity contribution in [3.63, 3.8) is 0 Å². The first-order valence-electron chi connectivity index (χ1n) is 10.00. The summed E-state index contributed by atoms with van der Waals surface area (Å²) in [5.74, 6) is 2.07. The van der Waals surface area contributed by atoms with Gasteiger partial charge in [0.15, 0.2) is 0 Å². The highest BCUT2D eigenvalue weighted by molar-refractivity contribution is 7.98. The van der Waals surface area contributed by atoms with E-state index in [9.17, 15) is 9.59 Å². The number of hydrogen-bond donors (Lipinski definition) is 2. The molecular weight excluding hydrogens is 396 g/mol. The summed E-state index contributed by atoms with van der Waals surface area (Å²) in [4.78, 5) is 25.0. The van der Waals surface area contributed by atoms with Crippen LogP contribution >= 0.6 is 11.8 Å². The largest absolute Gasteiger partial charge is 0.350 e. The van der Waals surface area contributed by atoms with Crippen LogP contribution in [-0.2, 0) is 40.6 Å². The summed E-state index contributed by atoms with van der Waals surface area (Å²) in [6.45, 7) is 0.550. The van der Waals surface area contributed by atoms with Crippen LogP contribution in [0.1, 0.15) is 28.8 Å². The Hall–Kier alpha value is -3.06. The van der Waals surface area contributed by atoms with Crippen LogP contribution in [0.25, 0.3) is 0 Å². The number of aromatic nitrogens is 2. The monoisotopic (exact) mass is 420 g/mol. The topological polar surface area (TPSA) is 76.0 Å². The minimum absolute atomic E-state index is 0.0654. The van der Waals surface area contributed by atoms with Gasteiger partial charge in [0.2, 0.25) is 11.8 Å². The highest BCUT2D eigenvalue weighted by atomic mass is 32.2. The van der Waals surface area contributed by atoms with Crippen molar-refractivity contribution >= 4 is 29.4 Å². The summed E-state index contributed by atoms with van der Waals surface area (Å²) < 4.78 is 1.63. The maximum atomic E-state index is 12.6. The third-order valence-electron chi connectivity index (χ3n) is 4.99. The molecule has 0 atom stereocenters. The highest BCUT2D eigenvalue weighted by Gasteiger charge is 2.24. The lowest BCUT2D eigenvalue weighted by molar-refractivity contribution is -0.122. The average Bonchev–Trinajstić information content (AvgIpc) is 3.35. The van der Waals surface area contributed by atoms with Gasteiger partial charge in [0.25, 0.3) is 0 Å². The van der Waals surface area contributed by atoms with E-state index >= 15 is 0 Å². The van der Waals surface area contributed by atoms with Crippen molar-refractivity contribution in [3.8, 4) is 0 Å². The molecule has 7 heteroatoms. The molecule has 2 amide bonds. The zero-order chi connectivity index (χ0) is 20.8. The third kappa shape index (κ3) is 5.10. The van der Waals surface area contributed by atoms with Gasteiger partial charge in [-0.15, -0.1) is 0 Å². The molecule has 0 saturated heterocycles. The molecule has 2 heterocycles. The molecular formula is C23H24N4O2S. The molecule has 154 valence electrons. The van der Waals surface area contributed by atoms with E-state index in [1.807, 2.05) is 60.7 Å². The molecule has 0 aliphatic carbocycles. The van der Waals surface area contributed by atoms with Gasteiger partial charge < -0.3 is 10.6 Å². The van der Waals surface area contributed by atoms with Crippen LogP contribution in [0.2, 0.25) is 0 Å². The van der Waals surface area contributed by atoms with Gasteiger partial charge in [0.05, 0.1) is 5.69 Å². The minimum atomic E-state index is -0.132. The number of anilines is 1. The Morgan fingerprint density at radius 3 is 2.37 bits per heavy atom. The number of nitrogens with zero attached hydrogens (tertiary/aromatic N) is 2. The molecule has 2 aromatic carbocycles. The van der Waals surface area contributed by atoms with E-state index in [4.69, 9.17) is 0 Å². The molecule has 0 fully saturated rings. The van der Waals surface area contributed by atoms with Gasteiger partial charge in [0.1, 0.15) is 12.4 Å². The van der Waals surface area contributed by atoms with E-state index in [-0.39, 0.29) is 18.4 Å². The van der Waals surface area contributed by atoms with Gasteiger partial charge in [-0.2, -0.15) is 16.9 Å². The van der Waals surface area contributed by atoms with Crippen molar-refractivity contribution in [2.75, 3.05) is 5.32 Å². The number of carbonyl (C=O) groups excluding carboxylic acids is 2. The maximum Gasteiger partial charge on any atom is 0.242 e. The fourth-order valence-corrected chi connectivity index (χ4v) is 4.44. The number of rotatable bonds is 8. The number of aryl methyl sites for hydroxylation is 1. The van der Waals surface area contributed by atoms with E-state index in [2.05, 4.69) is 15.7 Å². The molecule has 6 nitrogen and oxygen atoms in total. The Kier molecular flexibility index (Phi) is 6.49. The summed E-state index contributed by atoms with van der Waals surface area (Å²) >= 11 is 1.77. The van der Waals surface area contributed by atoms with Crippen molar-refractivity contribution in [2.45, 2.75) is 37.4 Å². The molecule has 1 aliphatic heterocycles. The number of nitrogens with one attached hydrogen (secondary N) is 2. The van der Waals surface area contributed by atoms with Crippen molar-refractivity contribution in [2.24, 2.45) is 0 Å². The van der Waals surface area contributed by atoms with E-state index in [1.165, 1.54) is 0 Å². The fourth-order valence-electron chi connectivity index (χ4n) is 3.41. The Morgan fingerprint density at radius 2 is 1.63 bits per heavy atom. The maximum absolute atomic E-state index is 12.6. The Labute approximate surface area is 180 Å². The van der Waals surface area contributed by atoms with E-state index < -0.39 is 0 Å². The molecule has 1 aromatic heterocycles. The van der Waals surface area contributed by atoms with Gasteiger partial charge >= 0.3 is 0 Å². The number of hydrogen-bond acceptors (Lipinski definition) is 4. The quantitative estimate of drug-likeness (QED) is 0.585. The second-order valence-electron chi connectivity index (χ2n) is 7.22. The van der Waals surface area contributed by atoms with Crippen LogP contribution in [-0.4, -0.2) is 21.6 Å². The molecule has 30 heavy (non-hydrogen) atoms. The lowest BCUT2D eigenvalue weighted by Gasteiger charge is -2.11. The molecule has 0 radical (unpaired) electrons. The SMILES string of the molecule is O=C(Cn1nc2c(c1NC(=O)CCc1ccccc1)CSC2)NCc1ccccc1. The molecule has 0 bridgehead atoms. The van der Waals surface area contributed by atoms with Crippen LogP contribution in [0.15, 0.2) is 60.7 Å². The first-order valence-corrected chi connectivity index (χ1v) is 11.1. The lowest BCUT2D eigenvalue weighted by atomic mass is 10.1. The summed E-state index contributed by atoms with van der Waals surface area (Å²) in [6.07, 6.45) is 1.06. The third-order valence-corrected chi connectivity index (χ3v) is 5.96. The Bertz CT molecular complexity index is 1020. The van der Waals surface area contributed by atoms with E-state index in [0.29, 0.717) is 25.2 Å². The standard InChI is InChI=1S/C23H24N4O2S/c28-21(12-11-17-7-3-1-4-8-17)25-23-19-15-30-16-20(19)26-27(23)14-22(29)24-13-18-9-5-2-6-10-18/h1-10H,11-16H2,(H,24,29)(H,25,28). The van der Waals surface area contributed by atoms with Crippen LogP contribution in [0, 0.1) is 0 Å². The van der Waals surface area contributed by atoms with Gasteiger partial charge in [-0.1, -0.05) is 60.7 Å². The number of amides is 2. The van der Waals surface area contributed by atoms with Crippen LogP contribution in [0.4, 0.5) is 5.82 Å². The average molecular weight is 421 g/mol. The minimum Gasteiger partial charge on any atom is -0.350 e. The Balaban J connectivity index is 1.39. The van der Waals surface area contributed by atoms with Crippen molar-refractivity contribution in [1.82, 2.24) is 15.1 Å². The Morgan fingerprint density at radius 1 is 0.933 bits per heavy atom. The highest BCUT2D eigenvalue weighted by Crippen LogP contribution is 2.34. The van der Waals surface area contributed by atoms with Gasteiger partial charge in [-0.3, -0.25) is 9.59 Å². The molecule has 0 unspecified atom stereocenters. The van der Waals surface area contributed by atoms with Gasteiger partial charge in [-0.05, 0) is 17.5 Å². The predicted octanol–water partition coefficient (Wildman–Crippen LogP) is 3.52. The number of fused-ring (bicyclic) bond motifs is 1. The van der Waals surface area contributed by atoms with Gasteiger partial charge in [-0.25, -0.2) is 4.68 Å². The summed E-state index contributed by atoms with van der Waals surface area (Å²) in [7, 11) is 0. The number of carbonyl (C=O) groups is 2. The first-order chi connectivity index (χ1) is 14.7. The second kappa shape index (κ2) is 9.63. The van der Waals surface area contributed by atoms with Crippen molar-refractivity contribution < 1.29 is 9.59 Å². The van der Waals surface area contributed by atoms with Crippen LogP contribution < -0.4 is 10.6 Å². The van der Waals surface area contributed by atoms with Crippen molar-refractivity contribution in [1.29, 1.82) is 0 Å². The number of benzene rings is 2. The molecule has 3 aromatic rings. The van der Waals surface area contributed by atoms with E-state index in [1.54, 1.807) is 16.4 Å².